The van der Waals surface area contributed by atoms with Gasteiger partial charge in [0, 0.05) is 11.8 Å². The van der Waals surface area contributed by atoms with E-state index in [1.807, 2.05) is 49.4 Å². The third kappa shape index (κ3) is 3.26. The first-order valence-electron chi connectivity index (χ1n) is 9.70. The van der Waals surface area contributed by atoms with Crippen molar-refractivity contribution in [3.8, 4) is 22.5 Å². The number of hydrogen-bond acceptors (Lipinski definition) is 5. The zero-order chi connectivity index (χ0) is 20.3. The van der Waals surface area contributed by atoms with Crippen molar-refractivity contribution in [3.63, 3.8) is 0 Å². The molecule has 2 aromatic carbocycles. The van der Waals surface area contributed by atoms with E-state index in [0.29, 0.717) is 12.4 Å². The molecule has 0 spiro atoms. The second-order valence-corrected chi connectivity index (χ2v) is 6.89. The van der Waals surface area contributed by atoms with Crippen LogP contribution in [0.4, 0.5) is 0 Å². The van der Waals surface area contributed by atoms with Crippen LogP contribution in [0.25, 0.3) is 39.8 Å². The summed E-state index contributed by atoms with van der Waals surface area (Å²) in [6, 6.07) is 20.5. The lowest BCUT2D eigenvalue weighted by molar-refractivity contribution is 0.803. The van der Waals surface area contributed by atoms with Crippen molar-refractivity contribution in [3.05, 3.63) is 84.3 Å². The largest absolute Gasteiger partial charge is 0.305 e. The van der Waals surface area contributed by atoms with Crippen LogP contribution < -0.4 is 0 Å². The van der Waals surface area contributed by atoms with Gasteiger partial charge in [-0.3, -0.25) is 0 Å². The maximum atomic E-state index is 4.70. The summed E-state index contributed by atoms with van der Waals surface area (Å²) in [6.45, 7) is 2.69. The fraction of sp³-hybridized carbons (Fsp3) is 0.0870. The molecule has 0 aliphatic carbocycles. The van der Waals surface area contributed by atoms with Crippen molar-refractivity contribution in [1.82, 2.24) is 35.2 Å². The second-order valence-electron chi connectivity index (χ2n) is 6.89. The van der Waals surface area contributed by atoms with Gasteiger partial charge in [0.2, 0.25) is 0 Å². The van der Waals surface area contributed by atoms with Crippen LogP contribution in [-0.2, 0) is 6.54 Å². The number of hydrogen-bond donors (Lipinski definition) is 1. The van der Waals surface area contributed by atoms with Crippen LogP contribution in [-0.4, -0.2) is 35.2 Å². The standard InChI is InChI=1S/C23H19N7/c1-2-6-21-25-20-9-5-14-24-23(20)30(21)15-16-10-12-17(13-11-16)18-7-3-4-8-19(18)22-26-28-29-27-22/h2-14H,15H2,1H3,(H,26,27,28,29)/b6-2+. The highest BCUT2D eigenvalue weighted by Gasteiger charge is 2.12. The highest BCUT2D eigenvalue weighted by Crippen LogP contribution is 2.30. The lowest BCUT2D eigenvalue weighted by atomic mass is 9.98. The smallest absolute Gasteiger partial charge is 0.180 e. The van der Waals surface area contributed by atoms with Gasteiger partial charge in [-0.2, -0.15) is 0 Å². The average molecular weight is 393 g/mol. The molecule has 3 heterocycles. The Balaban J connectivity index is 1.49. The van der Waals surface area contributed by atoms with Gasteiger partial charge in [0.25, 0.3) is 0 Å². The SMILES string of the molecule is C/C=C/c1nc2cccnc2n1Cc1ccc(-c2ccccc2-c2nnn[nH]2)cc1. The van der Waals surface area contributed by atoms with E-state index in [9.17, 15) is 0 Å². The van der Waals surface area contributed by atoms with Crippen LogP contribution in [0.3, 0.4) is 0 Å². The Kier molecular flexibility index (Phi) is 4.61. The fourth-order valence-electron chi connectivity index (χ4n) is 3.60. The summed E-state index contributed by atoms with van der Waals surface area (Å²) in [4.78, 5) is 9.22. The number of imidazole rings is 1. The second kappa shape index (κ2) is 7.71. The van der Waals surface area contributed by atoms with Gasteiger partial charge in [0.15, 0.2) is 11.5 Å². The maximum Gasteiger partial charge on any atom is 0.180 e. The van der Waals surface area contributed by atoms with Crippen LogP contribution in [0.1, 0.15) is 18.3 Å². The first kappa shape index (κ1) is 17.9. The Hall–Kier alpha value is -4.13. The molecular formula is C23H19N7. The number of benzene rings is 2. The van der Waals surface area contributed by atoms with Crippen molar-refractivity contribution in [1.29, 1.82) is 0 Å². The van der Waals surface area contributed by atoms with Gasteiger partial charge in [-0.1, -0.05) is 54.6 Å². The number of nitrogens with one attached hydrogen (secondary N) is 1. The van der Waals surface area contributed by atoms with Gasteiger partial charge < -0.3 is 4.57 Å². The predicted octanol–water partition coefficient (Wildman–Crippen LogP) is 4.36. The molecular weight excluding hydrogens is 374 g/mol. The molecule has 30 heavy (non-hydrogen) atoms. The lowest BCUT2D eigenvalue weighted by Gasteiger charge is -2.10. The van der Waals surface area contributed by atoms with E-state index in [1.165, 1.54) is 5.56 Å². The van der Waals surface area contributed by atoms with Crippen LogP contribution in [0.2, 0.25) is 0 Å². The van der Waals surface area contributed by atoms with E-state index in [-0.39, 0.29) is 0 Å². The molecule has 0 saturated carbocycles. The number of H-pyrrole nitrogens is 1. The zero-order valence-corrected chi connectivity index (χ0v) is 16.4. The first-order chi connectivity index (χ1) is 14.8. The van der Waals surface area contributed by atoms with Crippen molar-refractivity contribution >= 4 is 17.2 Å². The summed E-state index contributed by atoms with van der Waals surface area (Å²) < 4.78 is 2.14. The van der Waals surface area contributed by atoms with Gasteiger partial charge in [-0.25, -0.2) is 15.1 Å². The van der Waals surface area contributed by atoms with Crippen molar-refractivity contribution in [2.75, 3.05) is 0 Å². The summed E-state index contributed by atoms with van der Waals surface area (Å²) >= 11 is 0. The topological polar surface area (TPSA) is 85.2 Å². The third-order valence-electron chi connectivity index (χ3n) is 4.98. The van der Waals surface area contributed by atoms with E-state index >= 15 is 0 Å². The van der Waals surface area contributed by atoms with Crippen molar-refractivity contribution < 1.29 is 0 Å². The summed E-state index contributed by atoms with van der Waals surface area (Å²) in [5.41, 5.74) is 6.11. The number of allylic oxidation sites excluding steroid dienone is 1. The quantitative estimate of drug-likeness (QED) is 0.479. The molecule has 0 saturated heterocycles. The molecule has 146 valence electrons. The molecule has 0 aliphatic rings. The van der Waals surface area contributed by atoms with Gasteiger partial charge in [0.1, 0.15) is 11.3 Å². The van der Waals surface area contributed by atoms with Crippen molar-refractivity contribution in [2.24, 2.45) is 0 Å². The summed E-state index contributed by atoms with van der Waals surface area (Å²) in [6.07, 6.45) is 5.81. The van der Waals surface area contributed by atoms with E-state index in [1.54, 1.807) is 6.20 Å². The molecule has 0 radical (unpaired) electrons. The molecule has 1 N–H and O–H groups in total. The van der Waals surface area contributed by atoms with E-state index in [0.717, 1.165) is 33.7 Å². The first-order valence-corrected chi connectivity index (χ1v) is 9.70. The molecule has 7 nitrogen and oxygen atoms in total. The van der Waals surface area contributed by atoms with Crippen LogP contribution in [0.15, 0.2) is 72.9 Å². The number of rotatable bonds is 5. The van der Waals surface area contributed by atoms with Crippen molar-refractivity contribution in [2.45, 2.75) is 13.5 Å². The van der Waals surface area contributed by atoms with Gasteiger partial charge in [0.05, 0.1) is 6.54 Å². The van der Waals surface area contributed by atoms with E-state index in [2.05, 4.69) is 60.5 Å². The highest BCUT2D eigenvalue weighted by molar-refractivity contribution is 5.80. The molecule has 5 aromatic rings. The molecule has 3 aromatic heterocycles. The van der Waals surface area contributed by atoms with E-state index in [4.69, 9.17) is 4.98 Å². The Morgan fingerprint density at radius 1 is 0.967 bits per heavy atom. The molecule has 0 fully saturated rings. The summed E-state index contributed by atoms with van der Waals surface area (Å²) in [5, 5.41) is 14.3. The maximum absolute atomic E-state index is 4.70. The molecule has 0 unspecified atom stereocenters. The van der Waals surface area contributed by atoms with Crippen LogP contribution in [0.5, 0.6) is 0 Å². The van der Waals surface area contributed by atoms with Crippen LogP contribution >= 0.6 is 0 Å². The highest BCUT2D eigenvalue weighted by atomic mass is 15.5. The normalized spacial score (nSPS) is 11.5. The molecule has 0 bridgehead atoms. The molecule has 0 atom stereocenters. The average Bonchev–Trinajstić information content (AvgIpc) is 3.44. The molecule has 7 heteroatoms. The van der Waals surface area contributed by atoms with Crippen LogP contribution in [0, 0.1) is 0 Å². The summed E-state index contributed by atoms with van der Waals surface area (Å²) in [7, 11) is 0. The Morgan fingerprint density at radius 2 is 1.80 bits per heavy atom. The number of tetrazole rings is 1. The number of aromatic nitrogens is 7. The number of nitrogens with zero attached hydrogens (tertiary/aromatic N) is 6. The Morgan fingerprint density at radius 3 is 2.57 bits per heavy atom. The predicted molar refractivity (Wildman–Crippen MR) is 116 cm³/mol. The van der Waals surface area contributed by atoms with Gasteiger partial charge >= 0.3 is 0 Å². The minimum Gasteiger partial charge on any atom is -0.305 e. The molecule has 5 rings (SSSR count). The van der Waals surface area contributed by atoms with Gasteiger partial charge in [-0.15, -0.1) is 5.10 Å². The molecule has 0 aliphatic heterocycles. The number of aromatic amines is 1. The Bertz CT molecular complexity index is 1320. The Labute approximate surface area is 173 Å². The summed E-state index contributed by atoms with van der Waals surface area (Å²) in [5.74, 6) is 1.56. The minimum absolute atomic E-state index is 0.654. The lowest BCUT2D eigenvalue weighted by Crippen LogP contribution is -2.03. The van der Waals surface area contributed by atoms with E-state index < -0.39 is 0 Å². The fourth-order valence-corrected chi connectivity index (χ4v) is 3.60. The molecule has 0 amide bonds. The zero-order valence-electron chi connectivity index (χ0n) is 16.4. The minimum atomic E-state index is 0.654. The number of pyridine rings is 1. The third-order valence-corrected chi connectivity index (χ3v) is 4.98. The monoisotopic (exact) mass is 393 g/mol. The van der Waals surface area contributed by atoms with Gasteiger partial charge in [-0.05, 0) is 52.2 Å². The number of fused-ring (bicyclic) bond motifs is 1.